The molecule has 0 saturated carbocycles. The minimum absolute atomic E-state index is 0.135. The molecule has 5 amide bonds. The zero-order chi connectivity index (χ0) is 65.4. The highest BCUT2D eigenvalue weighted by Gasteiger charge is 2.29. The van der Waals surface area contributed by atoms with Crippen LogP contribution in [0.15, 0.2) is 102 Å². The first kappa shape index (κ1) is 69.2. The van der Waals surface area contributed by atoms with Crippen molar-refractivity contribution in [3.63, 3.8) is 0 Å². The molecule has 7 N–H and O–H groups in total. The van der Waals surface area contributed by atoms with Gasteiger partial charge in [0.15, 0.2) is 11.6 Å². The smallest absolute Gasteiger partial charge is 0.251 e. The minimum atomic E-state index is -0.954. The number of Topliss-reactive ketones (excluding diaryl/α,β-unsaturated/α-hetero) is 2. The maximum atomic E-state index is 13.5. The first-order valence-electron chi connectivity index (χ1n) is 31.4. The van der Waals surface area contributed by atoms with E-state index >= 15 is 0 Å². The SMILES string of the molecule is C[C@@H](CC(=O)[C@@H](C)NC(=O)CCCCCN=[N+]=[N-])C(=O)N[C@H](C)C(=O)C[C@H](C)C(=O)N(CCCn1cc(CCCCN(C)CCNC(=O)c2ccc(-c3cc4ccc(-c5ccc6nc(-c7ccc(OCCCN(C)C)cc7)[nH]c6c5)cc4[nH]3)cc2)nn1)CC(N)=O. The molecule has 0 saturated heterocycles. The second-order valence-corrected chi connectivity index (χ2v) is 23.9. The Morgan fingerprint density at radius 1 is 0.714 bits per heavy atom. The minimum Gasteiger partial charge on any atom is -0.494 e. The van der Waals surface area contributed by atoms with Gasteiger partial charge >= 0.3 is 0 Å². The summed E-state index contributed by atoms with van der Waals surface area (Å²) in [6, 6.07) is 28.7. The maximum Gasteiger partial charge on any atom is 0.251 e. The number of fused-ring (bicyclic) bond motifs is 2. The summed E-state index contributed by atoms with van der Waals surface area (Å²) in [7, 11) is 6.14. The van der Waals surface area contributed by atoms with Crippen molar-refractivity contribution < 1.29 is 38.3 Å². The number of aromatic nitrogens is 6. The highest BCUT2D eigenvalue weighted by Crippen LogP contribution is 2.31. The van der Waals surface area contributed by atoms with Crippen LogP contribution in [-0.4, -0.2) is 171 Å². The molecule has 0 aliphatic rings. The van der Waals surface area contributed by atoms with E-state index in [1.807, 2.05) is 67.8 Å². The number of H-pyrrole nitrogens is 2. The quantitative estimate of drug-likeness (QED) is 0.00913. The topological polar surface area (TPSA) is 324 Å². The van der Waals surface area contributed by atoms with Gasteiger partial charge < -0.3 is 51.1 Å². The number of ketones is 2. The molecule has 7 aromatic rings. The monoisotopic (exact) mass is 1240 g/mol. The summed E-state index contributed by atoms with van der Waals surface area (Å²) in [5.74, 6) is -2.78. The third-order valence-electron chi connectivity index (χ3n) is 15.9. The number of aryl methyl sites for hydroxylation is 2. The van der Waals surface area contributed by atoms with Crippen LogP contribution in [0.25, 0.3) is 66.2 Å². The molecule has 0 bridgehead atoms. The largest absolute Gasteiger partial charge is 0.494 e. The number of benzene rings is 4. The molecule has 91 heavy (non-hydrogen) atoms. The van der Waals surface area contributed by atoms with E-state index in [2.05, 4.69) is 107 Å². The number of nitrogens with one attached hydrogen (secondary N) is 5. The van der Waals surface area contributed by atoms with Gasteiger partial charge in [0.2, 0.25) is 23.6 Å². The number of likely N-dealkylation sites (N-methyl/N-ethyl adjacent to an activating group) is 1. The molecule has 0 radical (unpaired) electrons. The van der Waals surface area contributed by atoms with Crippen LogP contribution in [0.1, 0.15) is 108 Å². The van der Waals surface area contributed by atoms with Crippen molar-refractivity contribution in [3.05, 3.63) is 119 Å². The number of nitrogens with two attached hydrogens (primary N) is 1. The van der Waals surface area contributed by atoms with Gasteiger partial charge in [-0.2, -0.15) is 0 Å². The number of ether oxygens (including phenoxy) is 1. The standard InChI is InChI=1S/C67H88N16O8/c1-44(37-60(84)46(3)72-63(87)16-9-8-11-29-71-78-69)65(88)73-47(4)61(85)38-45(2)67(90)82(43-62(68)86)33-13-34-83-42-54(77-79-83)15-10-12-32-81(7)35-30-70-66(89)50-19-17-48(18-20-50)57-41-53-22-21-51(39-58(53)74-57)52-25-28-56-59(40-52)76-64(75-56)49-23-26-55(27-24-49)91-36-14-31-80(5)6/h17-28,39-42,44-47,74H,8-16,29-38,43H2,1-7H3,(H2,68,86)(H,70,89)(H,72,87)(H,73,88)(H,75,76)/t44-,45-,46+,47+/m0/s1. The normalized spacial score (nSPS) is 12.7. The average molecular weight is 1250 g/mol. The van der Waals surface area contributed by atoms with Gasteiger partial charge in [-0.1, -0.05) is 60.9 Å². The summed E-state index contributed by atoms with van der Waals surface area (Å²) in [6.45, 7) is 10.5. The van der Waals surface area contributed by atoms with Crippen LogP contribution < -0.4 is 26.4 Å². The van der Waals surface area contributed by atoms with E-state index in [9.17, 15) is 33.6 Å². The number of imidazole rings is 1. The molecule has 484 valence electrons. The molecule has 3 heterocycles. The van der Waals surface area contributed by atoms with Crippen LogP contribution in [0, 0.1) is 11.8 Å². The first-order valence-corrected chi connectivity index (χ1v) is 31.4. The zero-order valence-electron chi connectivity index (χ0n) is 53.5. The zero-order valence-corrected chi connectivity index (χ0v) is 53.5. The number of nitrogens with zero attached hydrogens (tertiary/aromatic N) is 10. The lowest BCUT2D eigenvalue weighted by Gasteiger charge is -2.25. The van der Waals surface area contributed by atoms with Gasteiger partial charge in [0, 0.05) is 109 Å². The lowest BCUT2D eigenvalue weighted by Crippen LogP contribution is -2.45. The van der Waals surface area contributed by atoms with Gasteiger partial charge in [0.05, 0.1) is 42.0 Å². The molecule has 0 fully saturated rings. The van der Waals surface area contributed by atoms with Crippen molar-refractivity contribution in [1.29, 1.82) is 0 Å². The van der Waals surface area contributed by atoms with Gasteiger partial charge in [-0.05, 0) is 169 Å². The summed E-state index contributed by atoms with van der Waals surface area (Å²) in [5.41, 5.74) is 23.2. The third kappa shape index (κ3) is 21.7. The van der Waals surface area contributed by atoms with Crippen LogP contribution in [-0.2, 0) is 41.7 Å². The molecule has 7 rings (SSSR count). The Labute approximate surface area is 531 Å². The Morgan fingerprint density at radius 2 is 1.41 bits per heavy atom. The fraction of sp³-hybridized carbons (Fsp3) is 0.463. The van der Waals surface area contributed by atoms with Crippen LogP contribution in [0.3, 0.4) is 0 Å². The van der Waals surface area contributed by atoms with Crippen LogP contribution in [0.2, 0.25) is 0 Å². The second kappa shape index (κ2) is 34.6. The van der Waals surface area contributed by atoms with Crippen molar-refractivity contribution >= 4 is 63.0 Å². The van der Waals surface area contributed by atoms with E-state index < -0.39 is 47.4 Å². The fourth-order valence-electron chi connectivity index (χ4n) is 10.5. The van der Waals surface area contributed by atoms with Gasteiger partial charge in [-0.3, -0.25) is 38.2 Å². The Bertz CT molecular complexity index is 3630. The van der Waals surface area contributed by atoms with Crippen LogP contribution in [0.4, 0.5) is 0 Å². The number of aromatic amines is 2. The lowest BCUT2D eigenvalue weighted by atomic mass is 9.97. The van der Waals surface area contributed by atoms with Crippen molar-refractivity contribution in [2.75, 3.05) is 73.6 Å². The number of carbonyl (C=O) groups excluding carboxylic acids is 7. The number of primary amides is 1. The average Bonchev–Trinajstić information content (AvgIpc) is 1.73. The molecule has 24 nitrogen and oxygen atoms in total. The lowest BCUT2D eigenvalue weighted by molar-refractivity contribution is -0.140. The van der Waals surface area contributed by atoms with Gasteiger partial charge in [0.25, 0.3) is 5.91 Å². The molecule has 0 unspecified atom stereocenters. The van der Waals surface area contributed by atoms with Crippen molar-refractivity contribution in [2.24, 2.45) is 22.7 Å². The molecule has 4 aromatic carbocycles. The Kier molecular flexibility index (Phi) is 26.4. The van der Waals surface area contributed by atoms with Crippen molar-refractivity contribution in [2.45, 2.75) is 117 Å². The fourth-order valence-corrected chi connectivity index (χ4v) is 10.5. The first-order chi connectivity index (χ1) is 43.7. The number of amides is 5. The number of carbonyl (C=O) groups is 7. The summed E-state index contributed by atoms with van der Waals surface area (Å²) in [5, 5.41) is 21.5. The van der Waals surface area contributed by atoms with E-state index in [1.54, 1.807) is 25.5 Å². The summed E-state index contributed by atoms with van der Waals surface area (Å²) < 4.78 is 7.61. The summed E-state index contributed by atoms with van der Waals surface area (Å²) >= 11 is 0. The Balaban J connectivity index is 0.765. The summed E-state index contributed by atoms with van der Waals surface area (Å²) in [4.78, 5) is 110. The molecule has 0 aliphatic heterocycles. The van der Waals surface area contributed by atoms with E-state index in [0.717, 1.165) is 99.5 Å². The third-order valence-corrected chi connectivity index (χ3v) is 15.9. The van der Waals surface area contributed by atoms with Crippen LogP contribution >= 0.6 is 0 Å². The highest BCUT2D eigenvalue weighted by atomic mass is 16.5. The molecule has 0 aliphatic carbocycles. The van der Waals surface area contributed by atoms with E-state index in [0.29, 0.717) is 70.5 Å². The van der Waals surface area contributed by atoms with Crippen molar-refractivity contribution in [3.8, 4) is 39.5 Å². The molecular formula is C67H88N16O8. The molecule has 0 spiro atoms. The number of hydrogen-bond acceptors (Lipinski definition) is 14. The molecule has 24 heteroatoms. The van der Waals surface area contributed by atoms with Gasteiger partial charge in [-0.25, -0.2) is 4.98 Å². The molecular weight excluding hydrogens is 1160 g/mol. The maximum absolute atomic E-state index is 13.5. The second-order valence-electron chi connectivity index (χ2n) is 23.9. The predicted molar refractivity (Wildman–Crippen MR) is 351 cm³/mol. The summed E-state index contributed by atoms with van der Waals surface area (Å²) in [6.07, 6.45) is 7.55. The number of azide groups is 1. The Morgan fingerprint density at radius 3 is 2.13 bits per heavy atom. The number of rotatable bonds is 39. The van der Waals surface area contributed by atoms with E-state index in [1.165, 1.54) is 11.8 Å². The predicted octanol–water partition coefficient (Wildman–Crippen LogP) is 8.43. The van der Waals surface area contributed by atoms with Crippen molar-refractivity contribution in [1.82, 2.24) is 60.6 Å². The molecule has 3 aromatic heterocycles. The van der Waals surface area contributed by atoms with E-state index in [-0.39, 0.29) is 49.9 Å². The highest BCUT2D eigenvalue weighted by molar-refractivity contribution is 5.97. The van der Waals surface area contributed by atoms with Crippen LogP contribution in [0.5, 0.6) is 5.75 Å². The number of hydrogen-bond donors (Lipinski definition) is 6. The number of unbranched alkanes of at least 4 members (excludes halogenated alkanes) is 3. The molecule has 4 atom stereocenters. The van der Waals surface area contributed by atoms with Gasteiger partial charge in [-0.15, -0.1) is 5.10 Å². The van der Waals surface area contributed by atoms with E-state index in [4.69, 9.17) is 21.0 Å². The Hall–Kier alpha value is -9.25. The van der Waals surface area contributed by atoms with Gasteiger partial charge in [0.1, 0.15) is 11.6 Å².